The van der Waals surface area contributed by atoms with Gasteiger partial charge in [0.05, 0.1) is 0 Å². The second-order valence-electron chi connectivity index (χ2n) is 4.98. The standard InChI is InChI=1S/C15H15NO5/c1-9(17)10-6-4-5-7-12(10)16-8-11-13(18)20-15(2,3)21-14(11)19/h4-8,16H,1-3H3. The summed E-state index contributed by atoms with van der Waals surface area (Å²) in [6.45, 7) is 4.37. The van der Waals surface area contributed by atoms with E-state index in [2.05, 4.69) is 5.32 Å². The van der Waals surface area contributed by atoms with Crippen molar-refractivity contribution in [3.63, 3.8) is 0 Å². The minimum atomic E-state index is -1.28. The molecule has 1 fully saturated rings. The first-order valence-corrected chi connectivity index (χ1v) is 6.33. The molecule has 21 heavy (non-hydrogen) atoms. The van der Waals surface area contributed by atoms with Crippen LogP contribution in [0, 0.1) is 0 Å². The van der Waals surface area contributed by atoms with Gasteiger partial charge in [0.15, 0.2) is 11.4 Å². The Bertz CT molecular complexity index is 623. The van der Waals surface area contributed by atoms with Gasteiger partial charge in [-0.15, -0.1) is 0 Å². The summed E-state index contributed by atoms with van der Waals surface area (Å²) in [5.74, 6) is -2.96. The second-order valence-corrected chi connectivity index (χ2v) is 4.98. The van der Waals surface area contributed by atoms with Crippen molar-refractivity contribution in [2.24, 2.45) is 0 Å². The van der Waals surface area contributed by atoms with Gasteiger partial charge in [-0.1, -0.05) is 12.1 Å². The third-order valence-corrected chi connectivity index (χ3v) is 2.80. The molecule has 110 valence electrons. The molecule has 1 aromatic rings. The Labute approximate surface area is 121 Å². The van der Waals surface area contributed by atoms with Crippen LogP contribution in [0.3, 0.4) is 0 Å². The van der Waals surface area contributed by atoms with E-state index >= 15 is 0 Å². The Morgan fingerprint density at radius 2 is 1.71 bits per heavy atom. The third kappa shape index (κ3) is 3.28. The molecule has 0 spiro atoms. The number of carbonyl (C=O) groups is 3. The molecular formula is C15H15NO5. The number of ether oxygens (including phenoxy) is 2. The van der Waals surface area contributed by atoms with Crippen LogP contribution in [0.25, 0.3) is 0 Å². The lowest BCUT2D eigenvalue weighted by atomic mass is 10.1. The number of ketones is 1. The van der Waals surface area contributed by atoms with Gasteiger partial charge in [0, 0.05) is 31.3 Å². The van der Waals surface area contributed by atoms with E-state index < -0.39 is 17.7 Å². The molecule has 0 radical (unpaired) electrons. The maximum absolute atomic E-state index is 11.8. The fourth-order valence-corrected chi connectivity index (χ4v) is 1.84. The predicted octanol–water partition coefficient (Wildman–Crippen LogP) is 2.02. The van der Waals surface area contributed by atoms with Crippen molar-refractivity contribution in [2.75, 3.05) is 5.32 Å². The number of esters is 2. The second kappa shape index (κ2) is 5.40. The molecule has 0 atom stereocenters. The molecule has 1 aromatic carbocycles. The topological polar surface area (TPSA) is 81.7 Å². The average Bonchev–Trinajstić information content (AvgIpc) is 2.36. The van der Waals surface area contributed by atoms with Crippen LogP contribution in [0.4, 0.5) is 5.69 Å². The summed E-state index contributed by atoms with van der Waals surface area (Å²) in [7, 11) is 0. The number of cyclic esters (lactones) is 2. The van der Waals surface area contributed by atoms with Gasteiger partial charge in [0.2, 0.25) is 0 Å². The summed E-state index contributed by atoms with van der Waals surface area (Å²) in [4.78, 5) is 35.0. The maximum Gasteiger partial charge on any atom is 0.350 e. The minimum Gasteiger partial charge on any atom is -0.419 e. The highest BCUT2D eigenvalue weighted by Crippen LogP contribution is 2.23. The molecule has 0 unspecified atom stereocenters. The minimum absolute atomic E-state index is 0.133. The zero-order valence-corrected chi connectivity index (χ0v) is 11.9. The molecule has 6 nitrogen and oxygen atoms in total. The number of carbonyl (C=O) groups excluding carboxylic acids is 3. The maximum atomic E-state index is 11.8. The number of hydrogen-bond acceptors (Lipinski definition) is 6. The van der Waals surface area contributed by atoms with Crippen molar-refractivity contribution >= 4 is 23.4 Å². The lowest BCUT2D eigenvalue weighted by Gasteiger charge is -2.29. The lowest BCUT2D eigenvalue weighted by Crippen LogP contribution is -2.42. The van der Waals surface area contributed by atoms with Gasteiger partial charge in [-0.3, -0.25) is 4.79 Å². The van der Waals surface area contributed by atoms with Crippen molar-refractivity contribution < 1.29 is 23.9 Å². The number of anilines is 1. The van der Waals surface area contributed by atoms with Crippen molar-refractivity contribution in [3.8, 4) is 0 Å². The van der Waals surface area contributed by atoms with E-state index in [0.717, 1.165) is 0 Å². The number of nitrogens with one attached hydrogen (secondary N) is 1. The van der Waals surface area contributed by atoms with Crippen LogP contribution in [-0.4, -0.2) is 23.5 Å². The first-order chi connectivity index (χ1) is 9.80. The monoisotopic (exact) mass is 289 g/mol. The fraction of sp³-hybridized carbons (Fsp3) is 0.267. The summed E-state index contributed by atoms with van der Waals surface area (Å²) < 4.78 is 9.93. The van der Waals surface area contributed by atoms with E-state index in [0.29, 0.717) is 11.3 Å². The van der Waals surface area contributed by atoms with Gasteiger partial charge >= 0.3 is 11.9 Å². The number of rotatable bonds is 3. The molecule has 0 bridgehead atoms. The molecular weight excluding hydrogens is 274 g/mol. The molecule has 1 saturated heterocycles. The molecule has 0 aliphatic carbocycles. The summed E-state index contributed by atoms with van der Waals surface area (Å²) in [6, 6.07) is 6.76. The first-order valence-electron chi connectivity index (χ1n) is 6.33. The average molecular weight is 289 g/mol. The van der Waals surface area contributed by atoms with Crippen LogP contribution in [0.2, 0.25) is 0 Å². The van der Waals surface area contributed by atoms with Crippen LogP contribution in [0.15, 0.2) is 36.0 Å². The number of Topliss-reactive ketones (excluding diaryl/α,β-unsaturated/α-hetero) is 1. The number of benzene rings is 1. The SMILES string of the molecule is CC(=O)c1ccccc1NC=C1C(=O)OC(C)(C)OC1=O. The Kier molecular flexibility index (Phi) is 3.80. The molecule has 1 heterocycles. The van der Waals surface area contributed by atoms with Gasteiger partial charge in [0.25, 0.3) is 5.79 Å². The smallest absolute Gasteiger partial charge is 0.350 e. The molecule has 0 saturated carbocycles. The van der Waals surface area contributed by atoms with Gasteiger partial charge in [-0.25, -0.2) is 9.59 Å². The highest BCUT2D eigenvalue weighted by molar-refractivity contribution is 6.15. The van der Waals surface area contributed by atoms with Gasteiger partial charge < -0.3 is 14.8 Å². The van der Waals surface area contributed by atoms with E-state index in [1.165, 1.54) is 27.0 Å². The highest BCUT2D eigenvalue weighted by Gasteiger charge is 2.38. The van der Waals surface area contributed by atoms with Crippen molar-refractivity contribution in [2.45, 2.75) is 26.6 Å². The van der Waals surface area contributed by atoms with Gasteiger partial charge in [0.1, 0.15) is 0 Å². The molecule has 0 aromatic heterocycles. The van der Waals surface area contributed by atoms with Crippen LogP contribution in [-0.2, 0) is 19.1 Å². The Morgan fingerprint density at radius 3 is 2.29 bits per heavy atom. The molecule has 1 aliphatic heterocycles. The van der Waals surface area contributed by atoms with E-state index in [-0.39, 0.29) is 11.4 Å². The molecule has 1 aliphatic rings. The summed E-state index contributed by atoms with van der Waals surface area (Å²) in [5, 5.41) is 2.77. The zero-order valence-electron chi connectivity index (χ0n) is 11.9. The van der Waals surface area contributed by atoms with Crippen LogP contribution in [0.5, 0.6) is 0 Å². The van der Waals surface area contributed by atoms with Crippen molar-refractivity contribution in [1.29, 1.82) is 0 Å². The highest BCUT2D eigenvalue weighted by atomic mass is 16.7. The third-order valence-electron chi connectivity index (χ3n) is 2.80. The van der Waals surface area contributed by atoms with E-state index in [1.807, 2.05) is 0 Å². The summed E-state index contributed by atoms with van der Waals surface area (Å²) >= 11 is 0. The van der Waals surface area contributed by atoms with E-state index in [1.54, 1.807) is 24.3 Å². The Morgan fingerprint density at radius 1 is 1.14 bits per heavy atom. The fourth-order valence-electron chi connectivity index (χ4n) is 1.84. The largest absolute Gasteiger partial charge is 0.419 e. The quantitative estimate of drug-likeness (QED) is 0.397. The van der Waals surface area contributed by atoms with Crippen molar-refractivity contribution in [3.05, 3.63) is 41.6 Å². The Hall–Kier alpha value is -2.63. The first kappa shape index (κ1) is 14.8. The Balaban J connectivity index is 2.24. The molecule has 6 heteroatoms. The van der Waals surface area contributed by atoms with Crippen LogP contribution in [0.1, 0.15) is 31.1 Å². The molecule has 1 N–H and O–H groups in total. The van der Waals surface area contributed by atoms with E-state index in [4.69, 9.17) is 9.47 Å². The normalized spacial score (nSPS) is 16.8. The van der Waals surface area contributed by atoms with Gasteiger partial charge in [-0.2, -0.15) is 0 Å². The van der Waals surface area contributed by atoms with Crippen molar-refractivity contribution in [1.82, 2.24) is 0 Å². The molecule has 2 rings (SSSR count). The zero-order chi connectivity index (χ0) is 15.6. The lowest BCUT2D eigenvalue weighted by molar-refractivity contribution is -0.222. The number of hydrogen-bond donors (Lipinski definition) is 1. The van der Waals surface area contributed by atoms with Gasteiger partial charge in [-0.05, 0) is 19.1 Å². The summed E-state index contributed by atoms with van der Waals surface area (Å²) in [6.07, 6.45) is 1.18. The predicted molar refractivity (Wildman–Crippen MR) is 74.4 cm³/mol. The van der Waals surface area contributed by atoms with Crippen LogP contribution < -0.4 is 5.32 Å². The molecule has 0 amide bonds. The van der Waals surface area contributed by atoms with E-state index in [9.17, 15) is 14.4 Å². The number of para-hydroxylation sites is 1. The van der Waals surface area contributed by atoms with Crippen LogP contribution >= 0.6 is 0 Å². The summed E-state index contributed by atoms with van der Waals surface area (Å²) in [5.41, 5.74) is 0.683.